The topological polar surface area (TPSA) is 74.8 Å². The van der Waals surface area contributed by atoms with Crippen molar-refractivity contribution < 1.29 is 4.79 Å². The highest BCUT2D eigenvalue weighted by Gasteiger charge is 2.14. The summed E-state index contributed by atoms with van der Waals surface area (Å²) in [6.45, 7) is 7.64. The first-order valence-corrected chi connectivity index (χ1v) is 8.33. The Hall–Kier alpha value is -2.43. The van der Waals surface area contributed by atoms with Gasteiger partial charge in [-0.15, -0.1) is 0 Å². The Morgan fingerprint density at radius 2 is 1.88 bits per heavy atom. The lowest BCUT2D eigenvalue weighted by Crippen LogP contribution is -2.29. The van der Waals surface area contributed by atoms with Gasteiger partial charge in [0.25, 0.3) is 5.56 Å². The van der Waals surface area contributed by atoms with E-state index in [-0.39, 0.29) is 23.9 Å². The summed E-state index contributed by atoms with van der Waals surface area (Å²) < 4.78 is 0. The first-order chi connectivity index (χ1) is 11.4. The number of aromatic nitrogens is 2. The van der Waals surface area contributed by atoms with Gasteiger partial charge in [0, 0.05) is 17.7 Å². The maximum atomic E-state index is 12.3. The summed E-state index contributed by atoms with van der Waals surface area (Å²) in [5, 5.41) is 3.05. The fourth-order valence-electron chi connectivity index (χ4n) is 2.77. The van der Waals surface area contributed by atoms with Crippen LogP contribution in [0.1, 0.15) is 54.0 Å². The molecule has 2 aromatic rings. The molecule has 0 aliphatic carbocycles. The zero-order chi connectivity index (χ0) is 17.7. The van der Waals surface area contributed by atoms with E-state index in [0.717, 1.165) is 12.0 Å². The van der Waals surface area contributed by atoms with Crippen molar-refractivity contribution >= 4 is 5.91 Å². The number of aromatic amines is 1. The molecule has 1 aromatic heterocycles. The number of hydrogen-bond acceptors (Lipinski definition) is 3. The molecule has 0 radical (unpaired) electrons. The molecule has 5 nitrogen and oxygen atoms in total. The minimum atomic E-state index is -0.154. The monoisotopic (exact) mass is 327 g/mol. The normalized spacial score (nSPS) is 12.0. The molecular formula is C19H25N3O2. The molecule has 0 spiro atoms. The standard InChI is InChI=1S/C19H25N3O2/c1-5-17(15-8-6-12(2)7-9-15)22-18(23)11-10-16-13(3)20-14(4)21-19(16)24/h6-9,17H,5,10-11H2,1-4H3,(H,22,23)(H,20,21,24)/t17-/m1/s1. The number of nitrogens with zero attached hydrogens (tertiary/aromatic N) is 1. The van der Waals surface area contributed by atoms with Crippen LogP contribution in [0.15, 0.2) is 29.1 Å². The van der Waals surface area contributed by atoms with Gasteiger partial charge in [-0.1, -0.05) is 36.8 Å². The number of rotatable bonds is 6. The molecule has 1 atom stereocenters. The van der Waals surface area contributed by atoms with Crippen molar-refractivity contribution in [2.45, 2.75) is 53.0 Å². The Morgan fingerprint density at radius 3 is 2.46 bits per heavy atom. The van der Waals surface area contributed by atoms with E-state index in [4.69, 9.17) is 0 Å². The quantitative estimate of drug-likeness (QED) is 0.856. The molecule has 0 aliphatic rings. The second-order valence-electron chi connectivity index (χ2n) is 6.15. The van der Waals surface area contributed by atoms with Crippen LogP contribution in [0.25, 0.3) is 0 Å². The molecule has 1 amide bonds. The van der Waals surface area contributed by atoms with Crippen LogP contribution in [0.5, 0.6) is 0 Å². The van der Waals surface area contributed by atoms with E-state index in [9.17, 15) is 9.59 Å². The summed E-state index contributed by atoms with van der Waals surface area (Å²) in [7, 11) is 0. The highest BCUT2D eigenvalue weighted by molar-refractivity contribution is 5.76. The van der Waals surface area contributed by atoms with Gasteiger partial charge in [0.2, 0.25) is 5.91 Å². The summed E-state index contributed by atoms with van der Waals surface area (Å²) in [6, 6.07) is 8.18. The molecular weight excluding hydrogens is 302 g/mol. The van der Waals surface area contributed by atoms with Crippen LogP contribution >= 0.6 is 0 Å². The third-order valence-electron chi connectivity index (χ3n) is 4.17. The summed E-state index contributed by atoms with van der Waals surface area (Å²) in [5.41, 5.74) is 3.41. The van der Waals surface area contributed by atoms with Gasteiger partial charge in [-0.25, -0.2) is 4.98 Å². The molecule has 0 fully saturated rings. The molecule has 128 valence electrons. The van der Waals surface area contributed by atoms with Crippen LogP contribution in [0.2, 0.25) is 0 Å². The van der Waals surface area contributed by atoms with E-state index in [1.54, 1.807) is 13.8 Å². The number of aryl methyl sites for hydroxylation is 3. The van der Waals surface area contributed by atoms with E-state index in [1.165, 1.54) is 5.56 Å². The lowest BCUT2D eigenvalue weighted by atomic mass is 10.0. The van der Waals surface area contributed by atoms with Crippen LogP contribution < -0.4 is 10.9 Å². The highest BCUT2D eigenvalue weighted by Crippen LogP contribution is 2.17. The molecule has 1 heterocycles. The van der Waals surface area contributed by atoms with E-state index in [0.29, 0.717) is 23.5 Å². The van der Waals surface area contributed by atoms with Gasteiger partial charge >= 0.3 is 0 Å². The molecule has 24 heavy (non-hydrogen) atoms. The number of H-pyrrole nitrogens is 1. The van der Waals surface area contributed by atoms with Crippen LogP contribution in [0, 0.1) is 20.8 Å². The highest BCUT2D eigenvalue weighted by atomic mass is 16.1. The summed E-state index contributed by atoms with van der Waals surface area (Å²) in [5.74, 6) is 0.540. The SMILES string of the molecule is CC[C@@H](NC(=O)CCc1c(C)nc(C)[nH]c1=O)c1ccc(C)cc1. The van der Waals surface area contributed by atoms with Crippen LogP contribution in [-0.4, -0.2) is 15.9 Å². The van der Waals surface area contributed by atoms with E-state index >= 15 is 0 Å². The number of carbonyl (C=O) groups is 1. The third kappa shape index (κ3) is 4.54. The van der Waals surface area contributed by atoms with Crippen molar-refractivity contribution in [2.75, 3.05) is 0 Å². The molecule has 1 aromatic carbocycles. The first kappa shape index (κ1) is 17.9. The Labute approximate surface area is 142 Å². The van der Waals surface area contributed by atoms with Crippen molar-refractivity contribution in [1.82, 2.24) is 15.3 Å². The zero-order valence-corrected chi connectivity index (χ0v) is 14.8. The van der Waals surface area contributed by atoms with Gasteiger partial charge < -0.3 is 10.3 Å². The van der Waals surface area contributed by atoms with Gasteiger partial charge in [0.1, 0.15) is 5.82 Å². The van der Waals surface area contributed by atoms with Crippen molar-refractivity contribution in [3.05, 3.63) is 62.8 Å². The summed E-state index contributed by atoms with van der Waals surface area (Å²) in [6.07, 6.45) is 1.49. The largest absolute Gasteiger partial charge is 0.349 e. The lowest BCUT2D eigenvalue weighted by Gasteiger charge is -2.18. The Bertz CT molecular complexity index is 763. The van der Waals surface area contributed by atoms with Crippen LogP contribution in [-0.2, 0) is 11.2 Å². The molecule has 5 heteroatoms. The average molecular weight is 327 g/mol. The number of benzene rings is 1. The lowest BCUT2D eigenvalue weighted by molar-refractivity contribution is -0.121. The molecule has 2 rings (SSSR count). The maximum Gasteiger partial charge on any atom is 0.254 e. The van der Waals surface area contributed by atoms with Crippen molar-refractivity contribution in [2.24, 2.45) is 0 Å². The van der Waals surface area contributed by atoms with Gasteiger partial charge in [-0.05, 0) is 39.2 Å². The van der Waals surface area contributed by atoms with Gasteiger partial charge in [0.15, 0.2) is 0 Å². The summed E-state index contributed by atoms with van der Waals surface area (Å²) >= 11 is 0. The predicted molar refractivity (Wildman–Crippen MR) is 95.0 cm³/mol. The van der Waals surface area contributed by atoms with E-state index in [1.807, 2.05) is 38.1 Å². The number of hydrogen-bond donors (Lipinski definition) is 2. The van der Waals surface area contributed by atoms with E-state index < -0.39 is 0 Å². The number of carbonyl (C=O) groups excluding carboxylic acids is 1. The average Bonchev–Trinajstić information content (AvgIpc) is 2.52. The minimum absolute atomic E-state index is 0.00590. The molecule has 0 saturated heterocycles. The van der Waals surface area contributed by atoms with Gasteiger partial charge in [0.05, 0.1) is 6.04 Å². The van der Waals surface area contributed by atoms with Gasteiger partial charge in [-0.3, -0.25) is 9.59 Å². The first-order valence-electron chi connectivity index (χ1n) is 8.33. The predicted octanol–water partition coefficient (Wildman–Crippen LogP) is 2.90. The molecule has 2 N–H and O–H groups in total. The second kappa shape index (κ2) is 7.90. The minimum Gasteiger partial charge on any atom is -0.349 e. The second-order valence-corrected chi connectivity index (χ2v) is 6.15. The van der Waals surface area contributed by atoms with Crippen molar-refractivity contribution in [3.8, 4) is 0 Å². The van der Waals surface area contributed by atoms with E-state index in [2.05, 4.69) is 15.3 Å². The Balaban J connectivity index is 2.00. The van der Waals surface area contributed by atoms with Crippen molar-refractivity contribution in [1.29, 1.82) is 0 Å². The number of nitrogens with one attached hydrogen (secondary N) is 2. The molecule has 0 saturated carbocycles. The third-order valence-corrected chi connectivity index (χ3v) is 4.17. The fraction of sp³-hybridized carbons (Fsp3) is 0.421. The Kier molecular flexibility index (Phi) is 5.90. The Morgan fingerprint density at radius 1 is 1.21 bits per heavy atom. The fourth-order valence-corrected chi connectivity index (χ4v) is 2.77. The molecule has 0 aliphatic heterocycles. The van der Waals surface area contributed by atoms with Crippen LogP contribution in [0.4, 0.5) is 0 Å². The summed E-state index contributed by atoms with van der Waals surface area (Å²) in [4.78, 5) is 31.2. The molecule has 0 bridgehead atoms. The van der Waals surface area contributed by atoms with Crippen molar-refractivity contribution in [3.63, 3.8) is 0 Å². The van der Waals surface area contributed by atoms with Gasteiger partial charge in [-0.2, -0.15) is 0 Å². The number of amides is 1. The maximum absolute atomic E-state index is 12.3. The zero-order valence-electron chi connectivity index (χ0n) is 14.8. The van der Waals surface area contributed by atoms with Crippen LogP contribution in [0.3, 0.4) is 0 Å². The smallest absolute Gasteiger partial charge is 0.254 e. The molecule has 0 unspecified atom stereocenters.